The van der Waals surface area contributed by atoms with Crippen LogP contribution < -0.4 is 4.74 Å². The highest BCUT2D eigenvalue weighted by molar-refractivity contribution is 6.01. The van der Waals surface area contributed by atoms with Crippen molar-refractivity contribution in [2.45, 2.75) is 25.4 Å². The number of rotatable bonds is 5. The SMILES string of the molecule is COc1ccc2cc(C(=O)[C@@H]3CN(CC4CC4)CCC3C(F)(F)F)ccc2c1. The van der Waals surface area contributed by atoms with Crippen molar-refractivity contribution in [2.24, 2.45) is 17.8 Å². The van der Waals surface area contributed by atoms with Gasteiger partial charge >= 0.3 is 6.18 Å². The molecule has 0 amide bonds. The van der Waals surface area contributed by atoms with Crippen LogP contribution in [0.4, 0.5) is 13.2 Å². The maximum absolute atomic E-state index is 13.6. The Kier molecular flexibility index (Phi) is 5.08. The van der Waals surface area contributed by atoms with E-state index in [1.165, 1.54) is 0 Å². The Hall–Kier alpha value is -2.08. The van der Waals surface area contributed by atoms with Crippen LogP contribution >= 0.6 is 0 Å². The number of alkyl halides is 3. The quantitative estimate of drug-likeness (QED) is 0.676. The van der Waals surface area contributed by atoms with E-state index in [-0.39, 0.29) is 13.0 Å². The molecule has 1 aliphatic heterocycles. The first kappa shape index (κ1) is 19.2. The Labute approximate surface area is 162 Å². The molecule has 0 radical (unpaired) electrons. The predicted octanol–water partition coefficient (Wildman–Crippen LogP) is 4.94. The minimum atomic E-state index is -4.35. The van der Waals surface area contributed by atoms with Crippen molar-refractivity contribution in [2.75, 3.05) is 26.7 Å². The van der Waals surface area contributed by atoms with Gasteiger partial charge in [0.05, 0.1) is 13.0 Å². The first-order chi connectivity index (χ1) is 13.3. The van der Waals surface area contributed by atoms with Crippen LogP contribution in [0, 0.1) is 17.8 Å². The molecule has 6 heteroatoms. The lowest BCUT2D eigenvalue weighted by molar-refractivity contribution is -0.195. The number of carbonyl (C=O) groups excluding carboxylic acids is 1. The van der Waals surface area contributed by atoms with Gasteiger partial charge in [-0.3, -0.25) is 4.79 Å². The zero-order chi connectivity index (χ0) is 19.9. The third-order valence-corrected chi connectivity index (χ3v) is 6.00. The first-order valence-electron chi connectivity index (χ1n) is 9.76. The molecule has 1 saturated carbocycles. The average molecular weight is 391 g/mol. The van der Waals surface area contributed by atoms with Crippen molar-refractivity contribution in [1.82, 2.24) is 4.90 Å². The van der Waals surface area contributed by atoms with Gasteiger partial charge in [0.2, 0.25) is 0 Å². The van der Waals surface area contributed by atoms with E-state index >= 15 is 0 Å². The molecular formula is C22H24F3NO2. The van der Waals surface area contributed by atoms with Gasteiger partial charge in [0.1, 0.15) is 5.75 Å². The Morgan fingerprint density at radius 3 is 2.50 bits per heavy atom. The molecular weight excluding hydrogens is 367 g/mol. The number of Topliss-reactive ketones (excluding diaryl/α,β-unsaturated/α-hetero) is 1. The minimum Gasteiger partial charge on any atom is -0.497 e. The molecule has 2 aromatic carbocycles. The highest BCUT2D eigenvalue weighted by Gasteiger charge is 2.49. The number of methoxy groups -OCH3 is 1. The molecule has 2 aromatic rings. The molecule has 0 aromatic heterocycles. The fourth-order valence-corrected chi connectivity index (χ4v) is 4.23. The highest BCUT2D eigenvalue weighted by Crippen LogP contribution is 2.41. The van der Waals surface area contributed by atoms with Crippen molar-refractivity contribution in [3.05, 3.63) is 42.0 Å². The first-order valence-corrected chi connectivity index (χ1v) is 9.76. The van der Waals surface area contributed by atoms with Crippen LogP contribution in [0.25, 0.3) is 10.8 Å². The number of halogens is 3. The summed E-state index contributed by atoms with van der Waals surface area (Å²) in [6, 6.07) is 10.6. The van der Waals surface area contributed by atoms with E-state index in [0.717, 1.165) is 30.2 Å². The van der Waals surface area contributed by atoms with E-state index in [4.69, 9.17) is 4.74 Å². The summed E-state index contributed by atoms with van der Waals surface area (Å²) in [6.45, 7) is 1.42. The Morgan fingerprint density at radius 1 is 1.11 bits per heavy atom. The lowest BCUT2D eigenvalue weighted by Gasteiger charge is -2.38. The van der Waals surface area contributed by atoms with Gasteiger partial charge in [-0.25, -0.2) is 0 Å². The van der Waals surface area contributed by atoms with Crippen molar-refractivity contribution in [1.29, 1.82) is 0 Å². The van der Waals surface area contributed by atoms with E-state index in [2.05, 4.69) is 0 Å². The normalized spacial score (nSPS) is 23.7. The van der Waals surface area contributed by atoms with Crippen molar-refractivity contribution in [3.8, 4) is 5.75 Å². The molecule has 3 nitrogen and oxygen atoms in total. The van der Waals surface area contributed by atoms with Gasteiger partial charge in [0.25, 0.3) is 0 Å². The molecule has 28 heavy (non-hydrogen) atoms. The average Bonchev–Trinajstić information content (AvgIpc) is 3.49. The second kappa shape index (κ2) is 7.39. The van der Waals surface area contributed by atoms with Crippen LogP contribution in [0.15, 0.2) is 36.4 Å². The summed E-state index contributed by atoms with van der Waals surface area (Å²) in [5, 5.41) is 1.71. The van der Waals surface area contributed by atoms with Crippen molar-refractivity contribution < 1.29 is 22.7 Å². The smallest absolute Gasteiger partial charge is 0.392 e. The molecule has 1 saturated heterocycles. The van der Waals surface area contributed by atoms with Crippen LogP contribution in [0.2, 0.25) is 0 Å². The van der Waals surface area contributed by atoms with Gasteiger partial charge in [0, 0.05) is 24.6 Å². The Balaban J connectivity index is 1.61. The van der Waals surface area contributed by atoms with Gasteiger partial charge in [-0.1, -0.05) is 18.2 Å². The van der Waals surface area contributed by atoms with Crippen LogP contribution in [-0.4, -0.2) is 43.6 Å². The monoisotopic (exact) mass is 391 g/mol. The summed E-state index contributed by atoms with van der Waals surface area (Å²) in [7, 11) is 1.58. The third kappa shape index (κ3) is 4.02. The molecule has 1 unspecified atom stereocenters. The fourth-order valence-electron chi connectivity index (χ4n) is 4.23. The van der Waals surface area contributed by atoms with Gasteiger partial charge in [0.15, 0.2) is 5.78 Å². The van der Waals surface area contributed by atoms with E-state index in [0.29, 0.717) is 23.8 Å². The molecule has 0 N–H and O–H groups in total. The Morgan fingerprint density at radius 2 is 1.82 bits per heavy atom. The number of carbonyl (C=O) groups is 1. The zero-order valence-electron chi connectivity index (χ0n) is 15.8. The number of benzene rings is 2. The van der Waals surface area contributed by atoms with Crippen LogP contribution in [-0.2, 0) is 0 Å². The lowest BCUT2D eigenvalue weighted by Crippen LogP contribution is -2.49. The molecule has 4 rings (SSSR count). The van der Waals surface area contributed by atoms with E-state index < -0.39 is 23.8 Å². The van der Waals surface area contributed by atoms with Crippen LogP contribution in [0.1, 0.15) is 29.6 Å². The number of ketones is 1. The number of nitrogens with zero attached hydrogens (tertiary/aromatic N) is 1. The maximum Gasteiger partial charge on any atom is 0.392 e. The largest absolute Gasteiger partial charge is 0.497 e. The van der Waals surface area contributed by atoms with Gasteiger partial charge in [-0.2, -0.15) is 13.2 Å². The summed E-state index contributed by atoms with van der Waals surface area (Å²) in [5.41, 5.74) is 0.352. The number of fused-ring (bicyclic) bond motifs is 1. The zero-order valence-corrected chi connectivity index (χ0v) is 15.8. The number of likely N-dealkylation sites (tertiary alicyclic amines) is 1. The topological polar surface area (TPSA) is 29.5 Å². The summed E-state index contributed by atoms with van der Waals surface area (Å²) in [6.07, 6.45) is -2.06. The summed E-state index contributed by atoms with van der Waals surface area (Å²) < 4.78 is 46.1. The molecule has 2 aliphatic rings. The molecule has 1 aliphatic carbocycles. The molecule has 2 atom stereocenters. The van der Waals surface area contributed by atoms with Crippen LogP contribution in [0.3, 0.4) is 0 Å². The van der Waals surface area contributed by atoms with Gasteiger partial charge in [-0.05, 0) is 60.7 Å². The molecule has 1 heterocycles. The Bertz CT molecular complexity index is 876. The number of hydrogen-bond acceptors (Lipinski definition) is 3. The third-order valence-electron chi connectivity index (χ3n) is 6.00. The van der Waals surface area contributed by atoms with Gasteiger partial charge in [-0.15, -0.1) is 0 Å². The number of ether oxygens (including phenoxy) is 1. The van der Waals surface area contributed by atoms with Crippen LogP contribution in [0.5, 0.6) is 5.75 Å². The lowest BCUT2D eigenvalue weighted by atomic mass is 9.79. The second-order valence-electron chi connectivity index (χ2n) is 8.04. The van der Waals surface area contributed by atoms with E-state index in [1.54, 1.807) is 31.4 Å². The highest BCUT2D eigenvalue weighted by atomic mass is 19.4. The number of piperidine rings is 1. The molecule has 0 bridgehead atoms. The molecule has 150 valence electrons. The fraction of sp³-hybridized carbons (Fsp3) is 0.500. The standard InChI is InChI=1S/C22H24F3NO2/c1-28-18-7-6-15-10-17(5-4-16(15)11-18)21(27)19-13-26(12-14-2-3-14)9-8-20(19)22(23,24)25/h4-7,10-11,14,19-20H,2-3,8-9,12-13H2,1H3/t19-,20?/m1/s1. The van der Waals surface area contributed by atoms with Crippen molar-refractivity contribution in [3.63, 3.8) is 0 Å². The second-order valence-corrected chi connectivity index (χ2v) is 8.04. The summed E-state index contributed by atoms with van der Waals surface area (Å²) >= 11 is 0. The summed E-state index contributed by atoms with van der Waals surface area (Å²) in [5.74, 6) is -1.72. The van der Waals surface area contributed by atoms with E-state index in [1.807, 2.05) is 17.0 Å². The predicted molar refractivity (Wildman–Crippen MR) is 102 cm³/mol. The van der Waals surface area contributed by atoms with E-state index in [9.17, 15) is 18.0 Å². The summed E-state index contributed by atoms with van der Waals surface area (Å²) in [4.78, 5) is 15.2. The molecule has 0 spiro atoms. The molecule has 2 fully saturated rings. The number of hydrogen-bond donors (Lipinski definition) is 0. The minimum absolute atomic E-state index is 0.00257. The van der Waals surface area contributed by atoms with Crippen molar-refractivity contribution >= 4 is 16.6 Å². The van der Waals surface area contributed by atoms with Gasteiger partial charge < -0.3 is 9.64 Å². The maximum atomic E-state index is 13.6.